The third-order valence-electron chi connectivity index (χ3n) is 5.16. The summed E-state index contributed by atoms with van der Waals surface area (Å²) in [6, 6.07) is 0.457. The number of nitrogens with zero attached hydrogens (tertiary/aromatic N) is 2. The maximum Gasteiger partial charge on any atom is 0.319 e. The summed E-state index contributed by atoms with van der Waals surface area (Å²) in [5.74, 6) is 0.256. The van der Waals surface area contributed by atoms with E-state index in [1.54, 1.807) is 0 Å². The lowest BCUT2D eigenvalue weighted by atomic mass is 9.95. The van der Waals surface area contributed by atoms with E-state index in [9.17, 15) is 9.59 Å². The van der Waals surface area contributed by atoms with Gasteiger partial charge in [0.25, 0.3) is 0 Å². The van der Waals surface area contributed by atoms with Crippen molar-refractivity contribution in [3.8, 4) is 0 Å². The molecular weight excluding hydrogens is 280 g/mol. The molecule has 0 saturated carbocycles. The maximum absolute atomic E-state index is 12.3. The lowest BCUT2D eigenvalue weighted by Gasteiger charge is -2.34. The van der Waals surface area contributed by atoms with Crippen molar-refractivity contribution in [1.29, 1.82) is 0 Å². The third kappa shape index (κ3) is 3.72. The zero-order valence-electron chi connectivity index (χ0n) is 13.4. The van der Waals surface area contributed by atoms with E-state index in [0.29, 0.717) is 0 Å². The van der Waals surface area contributed by atoms with Gasteiger partial charge in [0, 0.05) is 44.7 Å². The molecule has 3 heterocycles. The van der Waals surface area contributed by atoms with Gasteiger partial charge in [0.1, 0.15) is 0 Å². The Kier molecular flexibility index (Phi) is 5.18. The first-order valence-corrected chi connectivity index (χ1v) is 8.79. The molecule has 2 N–H and O–H groups in total. The van der Waals surface area contributed by atoms with Crippen molar-refractivity contribution in [2.45, 2.75) is 44.6 Å². The highest BCUT2D eigenvalue weighted by Crippen LogP contribution is 2.20. The largest absolute Gasteiger partial charge is 0.352 e. The van der Waals surface area contributed by atoms with Crippen molar-refractivity contribution < 1.29 is 9.59 Å². The summed E-state index contributed by atoms with van der Waals surface area (Å²) in [6.45, 7) is 5.18. The quantitative estimate of drug-likeness (QED) is 0.792. The average molecular weight is 308 g/mol. The van der Waals surface area contributed by atoms with Crippen LogP contribution in [0.5, 0.6) is 0 Å². The smallest absolute Gasteiger partial charge is 0.319 e. The van der Waals surface area contributed by atoms with Crippen LogP contribution in [0.25, 0.3) is 0 Å². The highest BCUT2D eigenvalue weighted by molar-refractivity contribution is 5.80. The molecule has 0 aliphatic carbocycles. The van der Waals surface area contributed by atoms with Gasteiger partial charge in [0.2, 0.25) is 5.91 Å². The molecule has 3 amide bonds. The molecule has 124 valence electrons. The predicted octanol–water partition coefficient (Wildman–Crippen LogP) is 0.782. The fraction of sp³-hybridized carbons (Fsp3) is 0.875. The van der Waals surface area contributed by atoms with Gasteiger partial charge >= 0.3 is 6.03 Å². The number of nitrogens with one attached hydrogen (secondary N) is 2. The monoisotopic (exact) mass is 308 g/mol. The summed E-state index contributed by atoms with van der Waals surface area (Å²) < 4.78 is 0. The first-order chi connectivity index (χ1) is 10.7. The second-order valence-corrected chi connectivity index (χ2v) is 6.79. The fourth-order valence-corrected chi connectivity index (χ4v) is 3.74. The van der Waals surface area contributed by atoms with Crippen LogP contribution in [-0.2, 0) is 4.79 Å². The number of hydrogen-bond donors (Lipinski definition) is 2. The lowest BCUT2D eigenvalue weighted by molar-refractivity contribution is -0.127. The highest BCUT2D eigenvalue weighted by Gasteiger charge is 2.31. The number of rotatable bonds is 2. The first-order valence-electron chi connectivity index (χ1n) is 8.79. The Morgan fingerprint density at radius 2 is 1.59 bits per heavy atom. The van der Waals surface area contributed by atoms with Crippen molar-refractivity contribution in [3.05, 3.63) is 0 Å². The Bertz CT molecular complexity index is 395. The number of carbonyl (C=O) groups excluding carboxylic acids is 2. The number of urea groups is 1. The number of likely N-dealkylation sites (tertiary alicyclic amines) is 2. The summed E-state index contributed by atoms with van der Waals surface area (Å²) >= 11 is 0. The summed E-state index contributed by atoms with van der Waals surface area (Å²) in [6.07, 6.45) is 6.05. The van der Waals surface area contributed by atoms with E-state index in [0.717, 1.165) is 77.8 Å². The van der Waals surface area contributed by atoms with Crippen LogP contribution in [0.4, 0.5) is 4.79 Å². The van der Waals surface area contributed by atoms with Crippen molar-refractivity contribution >= 4 is 11.9 Å². The Morgan fingerprint density at radius 3 is 2.23 bits per heavy atom. The Balaban J connectivity index is 1.42. The predicted molar refractivity (Wildman–Crippen MR) is 84.5 cm³/mol. The molecule has 0 aromatic rings. The lowest BCUT2D eigenvalue weighted by Crippen LogP contribution is -2.51. The second-order valence-electron chi connectivity index (χ2n) is 6.79. The Morgan fingerprint density at radius 1 is 0.909 bits per heavy atom. The SMILES string of the molecule is O=C(N[C@H]1CCCNC1)C1CCN(C(=O)N2CCCC2)CC1. The molecule has 22 heavy (non-hydrogen) atoms. The minimum absolute atomic E-state index is 0.0737. The van der Waals surface area contributed by atoms with Gasteiger partial charge in [-0.15, -0.1) is 0 Å². The molecule has 0 unspecified atom stereocenters. The van der Waals surface area contributed by atoms with Crippen LogP contribution in [0.2, 0.25) is 0 Å². The van der Waals surface area contributed by atoms with E-state index in [2.05, 4.69) is 10.6 Å². The molecule has 3 saturated heterocycles. The molecule has 0 bridgehead atoms. The van der Waals surface area contributed by atoms with Crippen LogP contribution in [-0.4, -0.2) is 67.0 Å². The molecule has 0 spiro atoms. The van der Waals surface area contributed by atoms with Gasteiger partial charge in [-0.2, -0.15) is 0 Å². The standard InChI is InChI=1S/C16H28N4O2/c21-15(18-14-4-3-7-17-12-14)13-5-10-20(11-6-13)16(22)19-8-1-2-9-19/h13-14,17H,1-12H2,(H,18,21)/t14-/m0/s1. The van der Waals surface area contributed by atoms with Crippen molar-refractivity contribution in [1.82, 2.24) is 20.4 Å². The summed E-state index contributed by atoms with van der Waals surface area (Å²) in [7, 11) is 0. The molecule has 3 fully saturated rings. The van der Waals surface area contributed by atoms with Crippen molar-refractivity contribution in [2.24, 2.45) is 5.92 Å². The first kappa shape index (κ1) is 15.6. The molecule has 3 aliphatic rings. The van der Waals surface area contributed by atoms with Crippen LogP contribution in [0.15, 0.2) is 0 Å². The van der Waals surface area contributed by atoms with E-state index in [1.165, 1.54) is 0 Å². The van der Waals surface area contributed by atoms with Crippen LogP contribution in [0.1, 0.15) is 38.5 Å². The van der Waals surface area contributed by atoms with Gasteiger partial charge in [-0.25, -0.2) is 4.79 Å². The number of carbonyl (C=O) groups is 2. The summed E-state index contributed by atoms with van der Waals surface area (Å²) in [5, 5.41) is 6.50. The second kappa shape index (κ2) is 7.31. The van der Waals surface area contributed by atoms with E-state index in [4.69, 9.17) is 0 Å². The molecule has 0 radical (unpaired) electrons. The minimum Gasteiger partial charge on any atom is -0.352 e. The molecule has 1 atom stereocenters. The van der Waals surface area contributed by atoms with Crippen LogP contribution < -0.4 is 10.6 Å². The number of amides is 3. The summed E-state index contributed by atoms with van der Waals surface area (Å²) in [4.78, 5) is 28.6. The molecule has 3 rings (SSSR count). The highest BCUT2D eigenvalue weighted by atomic mass is 16.2. The minimum atomic E-state index is 0.0737. The summed E-state index contributed by atoms with van der Waals surface area (Å²) in [5.41, 5.74) is 0. The number of piperidine rings is 2. The van der Waals surface area contributed by atoms with Crippen LogP contribution in [0, 0.1) is 5.92 Å². The Hall–Kier alpha value is -1.30. The van der Waals surface area contributed by atoms with Crippen molar-refractivity contribution in [3.63, 3.8) is 0 Å². The molecule has 3 aliphatic heterocycles. The molecule has 6 heteroatoms. The fourth-order valence-electron chi connectivity index (χ4n) is 3.74. The van der Waals surface area contributed by atoms with Crippen LogP contribution in [0.3, 0.4) is 0 Å². The average Bonchev–Trinajstić information content (AvgIpc) is 3.10. The van der Waals surface area contributed by atoms with Crippen molar-refractivity contribution in [2.75, 3.05) is 39.3 Å². The number of hydrogen-bond acceptors (Lipinski definition) is 3. The molecule has 0 aromatic carbocycles. The van der Waals surface area contributed by atoms with E-state index in [1.807, 2.05) is 9.80 Å². The zero-order chi connectivity index (χ0) is 15.4. The van der Waals surface area contributed by atoms with Gasteiger partial charge in [-0.05, 0) is 45.1 Å². The molecule has 0 aromatic heterocycles. The van der Waals surface area contributed by atoms with Gasteiger partial charge < -0.3 is 20.4 Å². The van der Waals surface area contributed by atoms with E-state index >= 15 is 0 Å². The molecule has 6 nitrogen and oxygen atoms in total. The van der Waals surface area contributed by atoms with Gasteiger partial charge in [-0.3, -0.25) is 4.79 Å². The van der Waals surface area contributed by atoms with Crippen LogP contribution >= 0.6 is 0 Å². The molecular formula is C16H28N4O2. The topological polar surface area (TPSA) is 64.7 Å². The zero-order valence-corrected chi connectivity index (χ0v) is 13.4. The van der Waals surface area contributed by atoms with Gasteiger partial charge in [0.05, 0.1) is 0 Å². The van der Waals surface area contributed by atoms with Gasteiger partial charge in [0.15, 0.2) is 0 Å². The third-order valence-corrected chi connectivity index (χ3v) is 5.16. The van der Waals surface area contributed by atoms with E-state index in [-0.39, 0.29) is 23.9 Å². The maximum atomic E-state index is 12.3. The van der Waals surface area contributed by atoms with Gasteiger partial charge in [-0.1, -0.05) is 0 Å². The normalized spacial score (nSPS) is 27.0. The van der Waals surface area contributed by atoms with E-state index < -0.39 is 0 Å². The Labute approximate surface area is 132 Å².